The maximum atomic E-state index is 11.9. The van der Waals surface area contributed by atoms with Crippen LogP contribution < -0.4 is 0 Å². The summed E-state index contributed by atoms with van der Waals surface area (Å²) in [6, 6.07) is 13.2. The first-order valence-electron chi connectivity index (χ1n) is 11.6. The molecule has 0 fully saturated rings. The van der Waals surface area contributed by atoms with Crippen molar-refractivity contribution in [2.24, 2.45) is 0 Å². The van der Waals surface area contributed by atoms with Crippen molar-refractivity contribution in [3.63, 3.8) is 0 Å². The fraction of sp³-hybridized carbons (Fsp3) is 0.538. The Bertz CT molecular complexity index is 1040. The van der Waals surface area contributed by atoms with Gasteiger partial charge in [0.1, 0.15) is 0 Å². The van der Waals surface area contributed by atoms with Crippen LogP contribution in [-0.4, -0.2) is 55.5 Å². The van der Waals surface area contributed by atoms with Crippen LogP contribution in [0.15, 0.2) is 58.3 Å². The molecule has 204 valence electrons. The molecule has 0 aliphatic carbocycles. The number of rotatable bonds is 12. The van der Waals surface area contributed by atoms with Gasteiger partial charge >= 0.3 is 0 Å². The molecule has 0 N–H and O–H groups in total. The van der Waals surface area contributed by atoms with Crippen LogP contribution >= 0.6 is 0 Å². The molecular weight excluding hydrogens is 504 g/mol. The van der Waals surface area contributed by atoms with Crippen molar-refractivity contribution in [2.45, 2.75) is 75.4 Å². The van der Waals surface area contributed by atoms with Crippen molar-refractivity contribution in [1.29, 1.82) is 0 Å². The Morgan fingerprint density at radius 3 is 1.11 bits per heavy atom. The third-order valence-electron chi connectivity index (χ3n) is 5.61. The fourth-order valence-electron chi connectivity index (χ4n) is 2.54. The average Bonchev–Trinajstić information content (AvgIpc) is 2.79. The fourth-order valence-corrected chi connectivity index (χ4v) is 4.36. The zero-order valence-electron chi connectivity index (χ0n) is 22.5. The molecule has 0 bridgehead atoms. The molecule has 0 amide bonds. The second-order valence-corrected chi connectivity index (χ2v) is 12.8. The Hall–Kier alpha value is -1.82. The molecule has 0 heterocycles. The van der Waals surface area contributed by atoms with Crippen LogP contribution in [0.25, 0.3) is 0 Å². The minimum atomic E-state index is -3.66. The van der Waals surface area contributed by atoms with Crippen molar-refractivity contribution in [1.82, 2.24) is 0 Å². The van der Waals surface area contributed by atoms with E-state index in [0.717, 1.165) is 11.1 Å². The van der Waals surface area contributed by atoms with Crippen molar-refractivity contribution in [2.75, 3.05) is 27.4 Å². The van der Waals surface area contributed by atoms with Gasteiger partial charge < -0.3 is 9.47 Å². The highest BCUT2D eigenvalue weighted by atomic mass is 32.2. The van der Waals surface area contributed by atoms with Gasteiger partial charge in [0.25, 0.3) is 20.2 Å². The minimum absolute atomic E-state index is 0.108. The first-order valence-corrected chi connectivity index (χ1v) is 14.4. The van der Waals surface area contributed by atoms with Crippen LogP contribution in [0.4, 0.5) is 0 Å². The molecule has 0 saturated carbocycles. The molecule has 0 aromatic heterocycles. The lowest BCUT2D eigenvalue weighted by Crippen LogP contribution is -2.25. The van der Waals surface area contributed by atoms with Crippen molar-refractivity contribution in [3.05, 3.63) is 59.7 Å². The highest BCUT2D eigenvalue weighted by molar-refractivity contribution is 7.87. The molecule has 2 aromatic rings. The Labute approximate surface area is 217 Å². The van der Waals surface area contributed by atoms with Gasteiger partial charge in [-0.05, 0) is 65.8 Å². The molecule has 0 spiro atoms. The van der Waals surface area contributed by atoms with Gasteiger partial charge in [0, 0.05) is 27.1 Å². The standard InChI is InChI=1S/2C13H20O4S/c2*1-11-5-7-12(8-6-11)18(14,15)17-10-9-13(2,3)16-4/h2*5-8H,9-10H2,1-4H3. The first kappa shape index (κ1) is 32.2. The lowest BCUT2D eigenvalue weighted by molar-refractivity contribution is 0.00567. The summed E-state index contributed by atoms with van der Waals surface area (Å²) in [5, 5.41) is 0. The summed E-state index contributed by atoms with van der Waals surface area (Å²) in [5.41, 5.74) is 1.25. The van der Waals surface area contributed by atoms with Gasteiger partial charge in [-0.3, -0.25) is 8.37 Å². The van der Waals surface area contributed by atoms with Crippen molar-refractivity contribution < 1.29 is 34.7 Å². The predicted molar refractivity (Wildman–Crippen MR) is 140 cm³/mol. The third kappa shape index (κ3) is 11.5. The molecule has 0 atom stereocenters. The predicted octanol–water partition coefficient (Wildman–Crippen LogP) is 5.03. The largest absolute Gasteiger partial charge is 0.379 e. The lowest BCUT2D eigenvalue weighted by Gasteiger charge is -2.22. The quantitative estimate of drug-likeness (QED) is 0.343. The van der Waals surface area contributed by atoms with E-state index in [1.54, 1.807) is 62.8 Å². The summed E-state index contributed by atoms with van der Waals surface area (Å²) in [4.78, 5) is 0.367. The third-order valence-corrected chi connectivity index (χ3v) is 8.26. The van der Waals surface area contributed by atoms with Crippen LogP contribution in [0.3, 0.4) is 0 Å². The van der Waals surface area contributed by atoms with Gasteiger partial charge in [-0.15, -0.1) is 0 Å². The number of hydrogen-bond donors (Lipinski definition) is 0. The molecule has 0 saturated heterocycles. The molecule has 10 heteroatoms. The zero-order valence-corrected chi connectivity index (χ0v) is 24.2. The number of hydrogen-bond acceptors (Lipinski definition) is 8. The minimum Gasteiger partial charge on any atom is -0.379 e. The van der Waals surface area contributed by atoms with E-state index in [0.29, 0.717) is 12.8 Å². The van der Waals surface area contributed by atoms with Crippen LogP contribution in [-0.2, 0) is 38.1 Å². The first-order chi connectivity index (χ1) is 16.5. The van der Waals surface area contributed by atoms with Gasteiger partial charge in [-0.1, -0.05) is 35.4 Å². The van der Waals surface area contributed by atoms with E-state index in [-0.39, 0.29) is 34.2 Å². The van der Waals surface area contributed by atoms with Gasteiger partial charge in [-0.2, -0.15) is 16.8 Å². The molecule has 0 unspecified atom stereocenters. The Kier molecular flexibility index (Phi) is 12.2. The van der Waals surface area contributed by atoms with E-state index in [4.69, 9.17) is 17.8 Å². The Balaban J connectivity index is 0.000000360. The van der Waals surface area contributed by atoms with Crippen molar-refractivity contribution >= 4 is 20.2 Å². The van der Waals surface area contributed by atoms with Crippen LogP contribution in [0, 0.1) is 13.8 Å². The molecule has 2 rings (SSSR count). The van der Waals surface area contributed by atoms with Crippen molar-refractivity contribution in [3.8, 4) is 0 Å². The van der Waals surface area contributed by atoms with E-state index in [9.17, 15) is 16.8 Å². The number of ether oxygens (including phenoxy) is 2. The second kappa shape index (κ2) is 13.6. The maximum absolute atomic E-state index is 11.9. The summed E-state index contributed by atoms with van der Waals surface area (Å²) in [6.07, 6.45) is 1.02. The topological polar surface area (TPSA) is 105 Å². The number of methoxy groups -OCH3 is 2. The highest BCUT2D eigenvalue weighted by Crippen LogP contribution is 2.18. The van der Waals surface area contributed by atoms with E-state index in [1.807, 2.05) is 41.5 Å². The van der Waals surface area contributed by atoms with Crippen LogP contribution in [0.2, 0.25) is 0 Å². The van der Waals surface area contributed by atoms with Gasteiger partial charge in [0.15, 0.2) is 0 Å². The molecule has 0 aliphatic heterocycles. The Morgan fingerprint density at radius 2 is 0.861 bits per heavy atom. The summed E-state index contributed by atoms with van der Waals surface area (Å²) in [5.74, 6) is 0. The highest BCUT2D eigenvalue weighted by Gasteiger charge is 2.21. The molecule has 0 aliphatic rings. The SMILES string of the molecule is COC(C)(C)CCOS(=O)(=O)c1ccc(C)cc1.COC(C)(C)CCOS(=O)(=O)c1ccc(C)cc1. The average molecular weight is 545 g/mol. The summed E-state index contributed by atoms with van der Waals surface area (Å²) in [6.45, 7) is 11.6. The number of aryl methyl sites for hydroxylation is 2. The van der Waals surface area contributed by atoms with Gasteiger partial charge in [0.2, 0.25) is 0 Å². The zero-order chi connectivity index (χ0) is 27.6. The van der Waals surface area contributed by atoms with Crippen LogP contribution in [0.5, 0.6) is 0 Å². The van der Waals surface area contributed by atoms with Crippen LogP contribution in [0.1, 0.15) is 51.7 Å². The summed E-state index contributed by atoms with van der Waals surface area (Å²) < 4.78 is 67.8. The molecule has 2 aromatic carbocycles. The molecular formula is C26H40O8S2. The second-order valence-electron chi connectivity index (χ2n) is 9.61. The van der Waals surface area contributed by atoms with E-state index < -0.39 is 20.2 Å². The molecule has 0 radical (unpaired) electrons. The molecule has 36 heavy (non-hydrogen) atoms. The summed E-state index contributed by atoms with van der Waals surface area (Å²) >= 11 is 0. The number of benzene rings is 2. The van der Waals surface area contributed by atoms with E-state index >= 15 is 0 Å². The summed E-state index contributed by atoms with van der Waals surface area (Å²) in [7, 11) is -4.14. The van der Waals surface area contributed by atoms with Gasteiger partial charge in [-0.25, -0.2) is 0 Å². The lowest BCUT2D eigenvalue weighted by atomic mass is 10.1. The van der Waals surface area contributed by atoms with E-state index in [1.165, 1.54) is 0 Å². The maximum Gasteiger partial charge on any atom is 0.296 e. The van der Waals surface area contributed by atoms with E-state index in [2.05, 4.69) is 0 Å². The smallest absolute Gasteiger partial charge is 0.296 e. The Morgan fingerprint density at radius 1 is 0.583 bits per heavy atom. The molecule has 8 nitrogen and oxygen atoms in total. The van der Waals surface area contributed by atoms with Gasteiger partial charge in [0.05, 0.1) is 34.2 Å². The normalized spacial score (nSPS) is 12.7. The monoisotopic (exact) mass is 544 g/mol.